The molecule has 3 nitrogen and oxygen atoms in total. The molecule has 6 fully saturated rings. The summed E-state index contributed by atoms with van der Waals surface area (Å²) in [5.74, 6) is 4.36. The van der Waals surface area contributed by atoms with E-state index in [0.717, 1.165) is 42.4 Å². The van der Waals surface area contributed by atoms with Gasteiger partial charge in [-0.3, -0.25) is 0 Å². The van der Waals surface area contributed by atoms with Gasteiger partial charge < -0.3 is 9.94 Å². The summed E-state index contributed by atoms with van der Waals surface area (Å²) in [6.07, 6.45) is 13.9. The Morgan fingerprint density at radius 2 is 1.52 bits per heavy atom. The van der Waals surface area contributed by atoms with Crippen molar-refractivity contribution in [2.45, 2.75) is 105 Å². The van der Waals surface area contributed by atoms with Crippen molar-refractivity contribution in [2.24, 2.45) is 62.3 Å². The molecule has 5 aliphatic carbocycles. The van der Waals surface area contributed by atoms with Crippen LogP contribution in [-0.4, -0.2) is 23.6 Å². The van der Waals surface area contributed by atoms with E-state index in [-0.39, 0.29) is 0 Å². The van der Waals surface area contributed by atoms with Crippen LogP contribution in [0.2, 0.25) is 0 Å². The normalized spacial score (nSPS) is 61.8. The van der Waals surface area contributed by atoms with Gasteiger partial charge in [-0.25, -0.2) is 0 Å². The zero-order valence-corrected chi connectivity index (χ0v) is 20.6. The summed E-state index contributed by atoms with van der Waals surface area (Å²) in [5.41, 5.74) is 2.90. The Balaban J connectivity index is 1.37. The van der Waals surface area contributed by atoms with E-state index in [1.54, 1.807) is 0 Å². The maximum atomic E-state index is 9.57. The lowest BCUT2D eigenvalue weighted by Gasteiger charge is -2.71. The molecule has 31 heavy (non-hydrogen) atoms. The van der Waals surface area contributed by atoms with Crippen molar-refractivity contribution in [3.63, 3.8) is 0 Å². The van der Waals surface area contributed by atoms with Gasteiger partial charge in [-0.15, -0.1) is 0 Å². The van der Waals surface area contributed by atoms with Crippen LogP contribution in [0.5, 0.6) is 0 Å². The molecule has 1 N–H and O–H groups in total. The van der Waals surface area contributed by atoms with Crippen LogP contribution in [-0.2, 0) is 4.74 Å². The first kappa shape index (κ1) is 21.0. The fourth-order valence-electron chi connectivity index (χ4n) is 11.7. The zero-order valence-electron chi connectivity index (χ0n) is 20.6. The van der Waals surface area contributed by atoms with E-state index in [9.17, 15) is 5.21 Å². The largest absolute Gasteiger partial charge is 0.411 e. The highest BCUT2D eigenvalue weighted by atomic mass is 16.5. The van der Waals surface area contributed by atoms with E-state index >= 15 is 0 Å². The fourth-order valence-corrected chi connectivity index (χ4v) is 11.7. The molecule has 6 rings (SSSR count). The maximum absolute atomic E-state index is 9.57. The number of rotatable bonds is 0. The van der Waals surface area contributed by atoms with Crippen LogP contribution in [0.25, 0.3) is 0 Å². The van der Waals surface area contributed by atoms with E-state index in [1.807, 2.05) is 0 Å². The van der Waals surface area contributed by atoms with Crippen LogP contribution in [0.4, 0.5) is 0 Å². The molecule has 174 valence electrons. The average molecular weight is 428 g/mol. The van der Waals surface area contributed by atoms with E-state index in [4.69, 9.17) is 4.74 Å². The predicted octanol–water partition coefficient (Wildman–Crippen LogP) is 6.93. The average Bonchev–Trinajstić information content (AvgIpc) is 3.06. The molecule has 0 spiro atoms. The minimum absolute atomic E-state index is 0.409. The molecule has 0 amide bonds. The van der Waals surface area contributed by atoms with Gasteiger partial charge in [0.25, 0.3) is 0 Å². The number of oxime groups is 1. The number of fused-ring (bicyclic) bond motifs is 5. The first-order valence-electron chi connectivity index (χ1n) is 13.5. The third kappa shape index (κ3) is 2.43. The van der Waals surface area contributed by atoms with Gasteiger partial charge in [0.15, 0.2) is 0 Å². The maximum Gasteiger partial charge on any atom is 0.0640 e. The fraction of sp³-hybridized carbons (Fsp3) is 0.964. The van der Waals surface area contributed by atoms with Gasteiger partial charge in [0.1, 0.15) is 0 Å². The molecule has 0 aromatic carbocycles. The monoisotopic (exact) mass is 427 g/mol. The molecular weight excluding hydrogens is 382 g/mol. The Hall–Kier alpha value is -0.570. The van der Waals surface area contributed by atoms with Gasteiger partial charge in [-0.2, -0.15) is 0 Å². The number of nitrogens with zero attached hydrogens (tertiary/aromatic N) is 1. The van der Waals surface area contributed by atoms with Crippen molar-refractivity contribution in [1.82, 2.24) is 0 Å². The van der Waals surface area contributed by atoms with Crippen molar-refractivity contribution in [3.8, 4) is 0 Å². The van der Waals surface area contributed by atoms with Gasteiger partial charge in [0.2, 0.25) is 0 Å². The highest BCUT2D eigenvalue weighted by molar-refractivity contribution is 5.87. The Labute approximate surface area is 189 Å². The summed E-state index contributed by atoms with van der Waals surface area (Å²) in [6, 6.07) is 0. The van der Waals surface area contributed by atoms with Crippen LogP contribution >= 0.6 is 0 Å². The third-order valence-corrected chi connectivity index (χ3v) is 13.0. The Morgan fingerprint density at radius 1 is 0.839 bits per heavy atom. The van der Waals surface area contributed by atoms with Gasteiger partial charge in [0.05, 0.1) is 18.4 Å². The standard InChI is InChI=1S/C28H45NO2/c1-17-6-14-28-15-10-22-26(4)11-7-19-18(2)20(29-30)8-12-25(19,3)21(26)9-13-27(22,5)24(28)23(17)31-16-28/h17-19,21-24,30H,6-16H2,1-5H3/b29-20-/t17-,18+,19+,21+,22-,23-,24+,25-,26+,27-,28-/m0/s1. The molecule has 3 heteroatoms. The molecule has 0 aromatic rings. The zero-order chi connectivity index (χ0) is 21.8. The van der Waals surface area contributed by atoms with Gasteiger partial charge in [-0.1, -0.05) is 39.8 Å². The first-order chi connectivity index (χ1) is 14.7. The molecular formula is C28H45NO2. The quantitative estimate of drug-likeness (QED) is 0.336. The van der Waals surface area contributed by atoms with Gasteiger partial charge >= 0.3 is 0 Å². The Bertz CT molecular complexity index is 794. The lowest BCUT2D eigenvalue weighted by atomic mass is 9.33. The van der Waals surface area contributed by atoms with Gasteiger partial charge in [0, 0.05) is 5.92 Å². The second kappa shape index (κ2) is 6.51. The van der Waals surface area contributed by atoms with Crippen LogP contribution in [0.3, 0.4) is 0 Å². The lowest BCUT2D eigenvalue weighted by Crippen LogP contribution is -2.65. The minimum atomic E-state index is 0.409. The van der Waals surface area contributed by atoms with Crippen LogP contribution in [0, 0.1) is 57.2 Å². The summed E-state index contributed by atoms with van der Waals surface area (Å²) in [6.45, 7) is 13.9. The van der Waals surface area contributed by atoms with Crippen molar-refractivity contribution < 1.29 is 9.94 Å². The molecule has 2 bridgehead atoms. The number of hydrogen-bond acceptors (Lipinski definition) is 3. The van der Waals surface area contributed by atoms with E-state index < -0.39 is 0 Å². The highest BCUT2D eigenvalue weighted by Crippen LogP contribution is 2.76. The Kier molecular flexibility index (Phi) is 4.41. The lowest BCUT2D eigenvalue weighted by molar-refractivity contribution is -0.218. The second-order valence-corrected chi connectivity index (χ2v) is 13.9. The molecule has 0 radical (unpaired) electrons. The summed E-state index contributed by atoms with van der Waals surface area (Å²) in [5, 5.41) is 13.3. The topological polar surface area (TPSA) is 41.8 Å². The molecule has 1 saturated heterocycles. The van der Waals surface area contributed by atoms with Crippen molar-refractivity contribution in [3.05, 3.63) is 0 Å². The molecule has 6 aliphatic rings. The Morgan fingerprint density at radius 3 is 2.29 bits per heavy atom. The summed E-state index contributed by atoms with van der Waals surface area (Å²) in [4.78, 5) is 0. The highest BCUT2D eigenvalue weighted by Gasteiger charge is 2.71. The molecule has 0 unspecified atom stereocenters. The van der Waals surface area contributed by atoms with E-state index in [2.05, 4.69) is 39.8 Å². The van der Waals surface area contributed by atoms with Crippen LogP contribution in [0.1, 0.15) is 98.8 Å². The van der Waals surface area contributed by atoms with Crippen molar-refractivity contribution >= 4 is 5.71 Å². The number of hydrogen-bond donors (Lipinski definition) is 1. The summed E-state index contributed by atoms with van der Waals surface area (Å²) >= 11 is 0. The summed E-state index contributed by atoms with van der Waals surface area (Å²) < 4.78 is 6.62. The molecule has 5 saturated carbocycles. The minimum Gasteiger partial charge on any atom is -0.411 e. The molecule has 0 aromatic heterocycles. The van der Waals surface area contributed by atoms with E-state index in [0.29, 0.717) is 39.6 Å². The van der Waals surface area contributed by atoms with Crippen molar-refractivity contribution in [1.29, 1.82) is 0 Å². The SMILES string of the molecule is C[C@H]1CC[C@@]23CC[C@H]4[C@]5(C)CC[C@@H]6[C@@H](C)/C(=N\O)CC[C@]6(C)[C@H]5CC[C@]4(C)[C@H]2[C@H]1OC3. The smallest absolute Gasteiger partial charge is 0.0640 e. The summed E-state index contributed by atoms with van der Waals surface area (Å²) in [7, 11) is 0. The van der Waals surface area contributed by atoms with E-state index in [1.165, 1.54) is 57.8 Å². The number of ether oxygens (including phenoxy) is 1. The predicted molar refractivity (Wildman–Crippen MR) is 124 cm³/mol. The van der Waals surface area contributed by atoms with Crippen LogP contribution < -0.4 is 0 Å². The third-order valence-electron chi connectivity index (χ3n) is 13.0. The van der Waals surface area contributed by atoms with Crippen LogP contribution in [0.15, 0.2) is 5.16 Å². The first-order valence-corrected chi connectivity index (χ1v) is 13.5. The second-order valence-electron chi connectivity index (χ2n) is 13.9. The molecule has 1 heterocycles. The van der Waals surface area contributed by atoms with Gasteiger partial charge in [-0.05, 0) is 115 Å². The molecule has 1 aliphatic heterocycles. The van der Waals surface area contributed by atoms with Crippen molar-refractivity contribution in [2.75, 3.05) is 6.61 Å². The molecule has 11 atom stereocenters.